The third-order valence-electron chi connectivity index (χ3n) is 3.90. The fourth-order valence-electron chi connectivity index (χ4n) is 2.78. The van der Waals surface area contributed by atoms with Gasteiger partial charge in [-0.05, 0) is 57.2 Å². The molecule has 1 aliphatic rings. The summed E-state index contributed by atoms with van der Waals surface area (Å²) < 4.78 is 11.3. The van der Waals surface area contributed by atoms with Crippen LogP contribution in [0.3, 0.4) is 0 Å². The predicted molar refractivity (Wildman–Crippen MR) is 88.7 cm³/mol. The highest BCUT2D eigenvalue weighted by molar-refractivity contribution is 6.32. The molecule has 122 valence electrons. The van der Waals surface area contributed by atoms with Crippen LogP contribution < -0.4 is 10.1 Å². The zero-order chi connectivity index (χ0) is 16.0. The summed E-state index contributed by atoms with van der Waals surface area (Å²) in [4.78, 5) is 12.7. The molecule has 1 aliphatic carbocycles. The maximum Gasteiger partial charge on any atom is 0.256 e. The second-order valence-corrected chi connectivity index (χ2v) is 5.99. The van der Waals surface area contributed by atoms with Crippen molar-refractivity contribution in [2.45, 2.75) is 51.6 Å². The van der Waals surface area contributed by atoms with Gasteiger partial charge in [0.05, 0.1) is 11.6 Å². The Balaban J connectivity index is 2.08. The molecular formula is C17H24ClNO3. The van der Waals surface area contributed by atoms with E-state index in [-0.39, 0.29) is 5.91 Å². The Labute approximate surface area is 137 Å². The summed E-state index contributed by atoms with van der Waals surface area (Å²) in [6.45, 7) is 5.12. The Morgan fingerprint density at radius 2 is 2.05 bits per heavy atom. The minimum Gasteiger partial charge on any atom is -0.492 e. The van der Waals surface area contributed by atoms with Gasteiger partial charge in [-0.1, -0.05) is 18.5 Å². The Kier molecular flexibility index (Phi) is 6.09. The van der Waals surface area contributed by atoms with Crippen LogP contribution in [0.5, 0.6) is 5.75 Å². The third-order valence-corrected chi connectivity index (χ3v) is 4.19. The van der Waals surface area contributed by atoms with Crippen LogP contribution in [0, 0.1) is 0 Å². The molecule has 0 bridgehead atoms. The first kappa shape index (κ1) is 17.1. The fourth-order valence-corrected chi connectivity index (χ4v) is 3.01. The van der Waals surface area contributed by atoms with Crippen molar-refractivity contribution in [3.8, 4) is 5.75 Å². The molecule has 0 aliphatic heterocycles. The first-order valence-corrected chi connectivity index (χ1v) is 8.37. The van der Waals surface area contributed by atoms with Gasteiger partial charge in [0.15, 0.2) is 0 Å². The molecule has 1 aromatic rings. The second kappa shape index (κ2) is 7.84. The average Bonchev–Trinajstić information content (AvgIpc) is 2.98. The standard InChI is InChI=1S/C17H24ClNO3/c1-3-11-22-17(9-5-6-10-17)16(20)19-13-7-8-15(21-4-2)14(18)12-13/h7-8,12H,3-6,9-11H2,1-2H3,(H,19,20). The quantitative estimate of drug-likeness (QED) is 0.807. The molecule has 5 heteroatoms. The molecule has 1 saturated carbocycles. The van der Waals surface area contributed by atoms with E-state index in [2.05, 4.69) is 5.32 Å². The molecule has 4 nitrogen and oxygen atoms in total. The van der Waals surface area contributed by atoms with E-state index in [1.165, 1.54) is 0 Å². The Morgan fingerprint density at radius 1 is 1.32 bits per heavy atom. The number of rotatable bonds is 7. The van der Waals surface area contributed by atoms with Gasteiger partial charge < -0.3 is 14.8 Å². The number of amides is 1. The molecule has 0 saturated heterocycles. The van der Waals surface area contributed by atoms with Crippen molar-refractivity contribution in [3.05, 3.63) is 23.2 Å². The molecule has 1 amide bonds. The lowest BCUT2D eigenvalue weighted by atomic mass is 10.0. The summed E-state index contributed by atoms with van der Waals surface area (Å²) in [5.41, 5.74) is -0.00835. The number of hydrogen-bond acceptors (Lipinski definition) is 3. The first-order valence-electron chi connectivity index (χ1n) is 7.99. The number of benzene rings is 1. The van der Waals surface area contributed by atoms with Crippen molar-refractivity contribution in [2.24, 2.45) is 0 Å². The summed E-state index contributed by atoms with van der Waals surface area (Å²) >= 11 is 6.16. The highest BCUT2D eigenvalue weighted by atomic mass is 35.5. The zero-order valence-electron chi connectivity index (χ0n) is 13.3. The van der Waals surface area contributed by atoms with E-state index in [0.29, 0.717) is 29.7 Å². The Morgan fingerprint density at radius 3 is 2.64 bits per heavy atom. The van der Waals surface area contributed by atoms with Gasteiger partial charge in [0.1, 0.15) is 11.4 Å². The zero-order valence-corrected chi connectivity index (χ0v) is 14.0. The van der Waals surface area contributed by atoms with Crippen molar-refractivity contribution in [1.82, 2.24) is 0 Å². The largest absolute Gasteiger partial charge is 0.492 e. The van der Waals surface area contributed by atoms with Crippen LogP contribution in [0.1, 0.15) is 46.0 Å². The van der Waals surface area contributed by atoms with Gasteiger partial charge in [-0.15, -0.1) is 0 Å². The van der Waals surface area contributed by atoms with Crippen LogP contribution in [-0.2, 0) is 9.53 Å². The van der Waals surface area contributed by atoms with Gasteiger partial charge in [0.2, 0.25) is 0 Å². The second-order valence-electron chi connectivity index (χ2n) is 5.58. The molecule has 0 heterocycles. The third kappa shape index (κ3) is 3.93. The van der Waals surface area contributed by atoms with Gasteiger partial charge in [0.25, 0.3) is 5.91 Å². The van der Waals surface area contributed by atoms with Gasteiger partial charge >= 0.3 is 0 Å². The van der Waals surface area contributed by atoms with Crippen LogP contribution in [0.15, 0.2) is 18.2 Å². The van der Waals surface area contributed by atoms with Crippen LogP contribution in [-0.4, -0.2) is 24.7 Å². The Bertz CT molecular complexity index is 513. The van der Waals surface area contributed by atoms with E-state index >= 15 is 0 Å². The highest BCUT2D eigenvalue weighted by Gasteiger charge is 2.42. The van der Waals surface area contributed by atoms with Crippen LogP contribution >= 0.6 is 11.6 Å². The summed E-state index contributed by atoms with van der Waals surface area (Å²) in [6.07, 6.45) is 4.53. The smallest absolute Gasteiger partial charge is 0.256 e. The van der Waals surface area contributed by atoms with E-state index in [1.807, 2.05) is 13.8 Å². The number of carbonyl (C=O) groups is 1. The maximum absolute atomic E-state index is 12.7. The lowest BCUT2D eigenvalue weighted by Crippen LogP contribution is -2.43. The molecular weight excluding hydrogens is 302 g/mol. The topological polar surface area (TPSA) is 47.6 Å². The lowest BCUT2D eigenvalue weighted by Gasteiger charge is -2.28. The summed E-state index contributed by atoms with van der Waals surface area (Å²) in [7, 11) is 0. The van der Waals surface area contributed by atoms with Crippen molar-refractivity contribution in [3.63, 3.8) is 0 Å². The summed E-state index contributed by atoms with van der Waals surface area (Å²) in [5, 5.41) is 3.43. The van der Waals surface area contributed by atoms with Gasteiger partial charge in [-0.2, -0.15) is 0 Å². The molecule has 1 fully saturated rings. The van der Waals surface area contributed by atoms with Crippen molar-refractivity contribution >= 4 is 23.2 Å². The summed E-state index contributed by atoms with van der Waals surface area (Å²) in [6, 6.07) is 5.29. The van der Waals surface area contributed by atoms with Crippen molar-refractivity contribution in [2.75, 3.05) is 18.5 Å². The minimum atomic E-state index is -0.679. The number of nitrogens with one attached hydrogen (secondary N) is 1. The predicted octanol–water partition coefficient (Wildman–Crippen LogP) is 4.42. The molecule has 1 aromatic carbocycles. The van der Waals surface area contributed by atoms with Gasteiger partial charge in [-0.3, -0.25) is 4.79 Å². The molecule has 0 radical (unpaired) electrons. The van der Waals surface area contributed by atoms with E-state index < -0.39 is 5.60 Å². The van der Waals surface area contributed by atoms with Crippen LogP contribution in [0.2, 0.25) is 5.02 Å². The van der Waals surface area contributed by atoms with E-state index in [4.69, 9.17) is 21.1 Å². The van der Waals surface area contributed by atoms with E-state index in [0.717, 1.165) is 32.1 Å². The van der Waals surface area contributed by atoms with E-state index in [9.17, 15) is 4.79 Å². The number of anilines is 1. The molecule has 0 aromatic heterocycles. The maximum atomic E-state index is 12.7. The molecule has 1 N–H and O–H groups in total. The SMILES string of the molecule is CCCOC1(C(=O)Nc2ccc(OCC)c(Cl)c2)CCCC1. The molecule has 2 rings (SSSR count). The highest BCUT2D eigenvalue weighted by Crippen LogP contribution is 2.35. The molecule has 0 atom stereocenters. The van der Waals surface area contributed by atoms with Crippen LogP contribution in [0.4, 0.5) is 5.69 Å². The molecule has 0 unspecified atom stereocenters. The number of carbonyl (C=O) groups excluding carboxylic acids is 1. The average molecular weight is 326 g/mol. The van der Waals surface area contributed by atoms with Crippen molar-refractivity contribution < 1.29 is 14.3 Å². The van der Waals surface area contributed by atoms with E-state index in [1.54, 1.807) is 18.2 Å². The van der Waals surface area contributed by atoms with Gasteiger partial charge in [0, 0.05) is 12.3 Å². The van der Waals surface area contributed by atoms with Crippen molar-refractivity contribution in [1.29, 1.82) is 0 Å². The molecule has 0 spiro atoms. The normalized spacial score (nSPS) is 16.5. The monoisotopic (exact) mass is 325 g/mol. The van der Waals surface area contributed by atoms with Gasteiger partial charge in [-0.25, -0.2) is 0 Å². The minimum absolute atomic E-state index is 0.0707. The lowest BCUT2D eigenvalue weighted by molar-refractivity contribution is -0.140. The summed E-state index contributed by atoms with van der Waals surface area (Å²) in [5.74, 6) is 0.554. The van der Waals surface area contributed by atoms with Crippen LogP contribution in [0.25, 0.3) is 0 Å². The number of ether oxygens (including phenoxy) is 2. The molecule has 22 heavy (non-hydrogen) atoms. The number of hydrogen-bond donors (Lipinski definition) is 1. The number of halogens is 1. The fraction of sp³-hybridized carbons (Fsp3) is 0.588. The first-order chi connectivity index (χ1) is 10.6. The Hall–Kier alpha value is -1.26.